The minimum absolute atomic E-state index is 0.0617. The molecular formula is C58H112O6. The SMILES string of the molecule is CCCCCCCCCCCCCCCCCC(=O)OC[C@H](COC(=O)CCCCCCCCCCCCCCCCCC(C)C)OC(=O)CCCCCCCCCCCCCCC. The van der Waals surface area contributed by atoms with E-state index in [9.17, 15) is 14.4 Å². The van der Waals surface area contributed by atoms with Crippen LogP contribution in [0.15, 0.2) is 0 Å². The molecule has 0 saturated carbocycles. The van der Waals surface area contributed by atoms with E-state index in [2.05, 4.69) is 27.7 Å². The third kappa shape index (κ3) is 51.4. The fourth-order valence-electron chi connectivity index (χ4n) is 8.92. The van der Waals surface area contributed by atoms with Gasteiger partial charge in [-0.05, 0) is 25.2 Å². The normalized spacial score (nSPS) is 12.0. The van der Waals surface area contributed by atoms with Gasteiger partial charge < -0.3 is 14.2 Å². The molecule has 1 atom stereocenters. The summed E-state index contributed by atoms with van der Waals surface area (Å²) in [6.07, 6.45) is 56.6. The molecule has 0 rings (SSSR count). The number of unbranched alkanes of at least 4 members (excludes halogenated alkanes) is 40. The van der Waals surface area contributed by atoms with Gasteiger partial charge in [0.2, 0.25) is 0 Å². The molecule has 0 heterocycles. The fourth-order valence-corrected chi connectivity index (χ4v) is 8.92. The lowest BCUT2D eigenvalue weighted by atomic mass is 10.0. The minimum Gasteiger partial charge on any atom is -0.462 e. The van der Waals surface area contributed by atoms with Crippen molar-refractivity contribution in [2.24, 2.45) is 5.92 Å². The second-order valence-electron chi connectivity index (χ2n) is 20.4. The lowest BCUT2D eigenvalue weighted by Gasteiger charge is -2.18. The number of rotatable bonds is 53. The van der Waals surface area contributed by atoms with E-state index in [-0.39, 0.29) is 31.1 Å². The van der Waals surface area contributed by atoms with Crippen molar-refractivity contribution in [3.05, 3.63) is 0 Å². The van der Waals surface area contributed by atoms with Crippen molar-refractivity contribution in [3.63, 3.8) is 0 Å². The minimum atomic E-state index is -0.761. The molecule has 6 heteroatoms. The molecule has 6 nitrogen and oxygen atoms in total. The zero-order valence-electron chi connectivity index (χ0n) is 43.8. The highest BCUT2D eigenvalue weighted by atomic mass is 16.6. The molecule has 0 radical (unpaired) electrons. The molecule has 0 aliphatic carbocycles. The van der Waals surface area contributed by atoms with Gasteiger partial charge in [-0.25, -0.2) is 0 Å². The molecule has 0 N–H and O–H groups in total. The number of esters is 3. The monoisotopic (exact) mass is 905 g/mol. The summed E-state index contributed by atoms with van der Waals surface area (Å²) in [5, 5.41) is 0. The Hall–Kier alpha value is -1.59. The van der Waals surface area contributed by atoms with E-state index in [1.54, 1.807) is 0 Å². The average Bonchev–Trinajstić information content (AvgIpc) is 3.28. The Morgan fingerprint density at radius 2 is 0.516 bits per heavy atom. The van der Waals surface area contributed by atoms with Gasteiger partial charge in [-0.3, -0.25) is 14.4 Å². The molecule has 0 unspecified atom stereocenters. The Morgan fingerprint density at radius 3 is 0.766 bits per heavy atom. The van der Waals surface area contributed by atoms with Crippen LogP contribution < -0.4 is 0 Å². The highest BCUT2D eigenvalue weighted by Gasteiger charge is 2.19. The molecule has 0 aliphatic rings. The Bertz CT molecular complexity index is 964. The van der Waals surface area contributed by atoms with Gasteiger partial charge in [-0.2, -0.15) is 0 Å². The summed E-state index contributed by atoms with van der Waals surface area (Å²) >= 11 is 0. The van der Waals surface area contributed by atoms with Gasteiger partial charge in [-0.15, -0.1) is 0 Å². The van der Waals surface area contributed by atoms with Crippen molar-refractivity contribution in [3.8, 4) is 0 Å². The largest absolute Gasteiger partial charge is 0.462 e. The molecule has 0 aromatic heterocycles. The van der Waals surface area contributed by atoms with Crippen LogP contribution >= 0.6 is 0 Å². The van der Waals surface area contributed by atoms with E-state index in [4.69, 9.17) is 14.2 Å². The van der Waals surface area contributed by atoms with Crippen molar-refractivity contribution in [1.82, 2.24) is 0 Å². The molecule has 0 saturated heterocycles. The summed E-state index contributed by atoms with van der Waals surface area (Å²) < 4.78 is 16.9. The maximum Gasteiger partial charge on any atom is 0.306 e. The smallest absolute Gasteiger partial charge is 0.306 e. The van der Waals surface area contributed by atoms with Crippen LogP contribution in [-0.4, -0.2) is 37.2 Å². The van der Waals surface area contributed by atoms with Gasteiger partial charge in [0, 0.05) is 19.3 Å². The Balaban J connectivity index is 4.27. The van der Waals surface area contributed by atoms with Crippen molar-refractivity contribution in [2.75, 3.05) is 13.2 Å². The summed E-state index contributed by atoms with van der Waals surface area (Å²) in [6.45, 7) is 9.07. The maximum atomic E-state index is 12.8. The Morgan fingerprint density at radius 1 is 0.297 bits per heavy atom. The third-order valence-electron chi connectivity index (χ3n) is 13.3. The highest BCUT2D eigenvalue weighted by molar-refractivity contribution is 5.71. The van der Waals surface area contributed by atoms with E-state index < -0.39 is 6.10 Å². The number of carbonyl (C=O) groups is 3. The first-order valence-electron chi connectivity index (χ1n) is 28.9. The quantitative estimate of drug-likeness (QED) is 0.0344. The molecular weight excluding hydrogens is 793 g/mol. The van der Waals surface area contributed by atoms with Gasteiger partial charge in [0.05, 0.1) is 0 Å². The zero-order valence-corrected chi connectivity index (χ0v) is 43.8. The summed E-state index contributed by atoms with van der Waals surface area (Å²) in [7, 11) is 0. The number of carbonyl (C=O) groups excluding carboxylic acids is 3. The van der Waals surface area contributed by atoms with Crippen LogP contribution in [0.5, 0.6) is 0 Å². The molecule has 0 spiro atoms. The van der Waals surface area contributed by atoms with Crippen LogP contribution in [0.2, 0.25) is 0 Å². The van der Waals surface area contributed by atoms with Crippen LogP contribution in [0.25, 0.3) is 0 Å². The number of hydrogen-bond donors (Lipinski definition) is 0. The predicted octanol–water partition coefficient (Wildman–Crippen LogP) is 19.0. The van der Waals surface area contributed by atoms with E-state index in [1.165, 1.54) is 225 Å². The molecule has 0 bridgehead atoms. The molecule has 0 aliphatic heterocycles. The maximum absolute atomic E-state index is 12.8. The van der Waals surface area contributed by atoms with Gasteiger partial charge in [0.25, 0.3) is 0 Å². The van der Waals surface area contributed by atoms with Crippen LogP contribution in [0.4, 0.5) is 0 Å². The first-order chi connectivity index (χ1) is 31.4. The first kappa shape index (κ1) is 62.4. The molecule has 64 heavy (non-hydrogen) atoms. The van der Waals surface area contributed by atoms with Crippen LogP contribution in [-0.2, 0) is 28.6 Å². The molecule has 0 fully saturated rings. The highest BCUT2D eigenvalue weighted by Crippen LogP contribution is 2.18. The zero-order chi connectivity index (χ0) is 46.7. The Kier molecular flexibility index (Phi) is 51.1. The van der Waals surface area contributed by atoms with Gasteiger partial charge >= 0.3 is 17.9 Å². The lowest BCUT2D eigenvalue weighted by Crippen LogP contribution is -2.30. The molecule has 0 aromatic rings. The van der Waals surface area contributed by atoms with Crippen LogP contribution in [0.3, 0.4) is 0 Å². The molecule has 380 valence electrons. The van der Waals surface area contributed by atoms with Crippen molar-refractivity contribution in [2.45, 2.75) is 336 Å². The van der Waals surface area contributed by atoms with E-state index >= 15 is 0 Å². The standard InChI is InChI=1S/C58H112O6/c1-5-7-9-11-13-15-17-19-21-26-29-33-37-41-45-49-56(59)62-52-55(64-58(61)51-47-43-39-35-31-24-18-16-14-12-10-8-6-2)53-63-57(60)50-46-42-38-34-30-27-23-20-22-25-28-32-36-40-44-48-54(3)4/h54-55H,5-53H2,1-4H3/t55-/m1/s1. The third-order valence-corrected chi connectivity index (χ3v) is 13.3. The number of hydrogen-bond acceptors (Lipinski definition) is 6. The topological polar surface area (TPSA) is 78.9 Å². The summed E-state index contributed by atoms with van der Waals surface area (Å²) in [6, 6.07) is 0. The van der Waals surface area contributed by atoms with Crippen molar-refractivity contribution < 1.29 is 28.6 Å². The molecule has 0 amide bonds. The van der Waals surface area contributed by atoms with E-state index in [1.807, 2.05) is 0 Å². The van der Waals surface area contributed by atoms with Crippen LogP contribution in [0.1, 0.15) is 329 Å². The van der Waals surface area contributed by atoms with Gasteiger partial charge in [0.1, 0.15) is 13.2 Å². The van der Waals surface area contributed by atoms with E-state index in [0.717, 1.165) is 63.7 Å². The van der Waals surface area contributed by atoms with Gasteiger partial charge in [-0.1, -0.05) is 291 Å². The summed E-state index contributed by atoms with van der Waals surface area (Å²) in [5.41, 5.74) is 0. The van der Waals surface area contributed by atoms with Crippen LogP contribution in [0, 0.1) is 5.92 Å². The van der Waals surface area contributed by atoms with Crippen molar-refractivity contribution >= 4 is 17.9 Å². The lowest BCUT2D eigenvalue weighted by molar-refractivity contribution is -0.167. The summed E-state index contributed by atoms with van der Waals surface area (Å²) in [4.78, 5) is 38.1. The Labute approximate surface area is 399 Å². The summed E-state index contributed by atoms with van der Waals surface area (Å²) in [5.74, 6) is 0.0143. The second kappa shape index (κ2) is 52.4. The first-order valence-corrected chi connectivity index (χ1v) is 28.9. The predicted molar refractivity (Wildman–Crippen MR) is 275 cm³/mol. The fraction of sp³-hybridized carbons (Fsp3) is 0.948. The van der Waals surface area contributed by atoms with Gasteiger partial charge in [0.15, 0.2) is 6.10 Å². The van der Waals surface area contributed by atoms with Crippen molar-refractivity contribution in [1.29, 1.82) is 0 Å². The average molecular weight is 906 g/mol. The molecule has 0 aromatic carbocycles. The van der Waals surface area contributed by atoms with E-state index in [0.29, 0.717) is 19.3 Å². The number of ether oxygens (including phenoxy) is 3. The second-order valence-corrected chi connectivity index (χ2v) is 20.4.